The summed E-state index contributed by atoms with van der Waals surface area (Å²) in [6.07, 6.45) is 0.880. The van der Waals surface area contributed by atoms with Gasteiger partial charge in [-0.1, -0.05) is 18.2 Å². The molecule has 2 aromatic rings. The van der Waals surface area contributed by atoms with Gasteiger partial charge in [0.2, 0.25) is 0 Å². The highest BCUT2D eigenvalue weighted by molar-refractivity contribution is 5.78. The Hall–Kier alpha value is -2.09. The number of rotatable bonds is 3. The topological polar surface area (TPSA) is 20.3 Å². The standard InChI is InChI=1S/C16H17NO/c1-12-6-4-5-7-15(12)17(3)16-9-8-14(11-18)10-13(16)2/h4-11H,1-3H3. The van der Waals surface area contributed by atoms with Gasteiger partial charge in [0.25, 0.3) is 0 Å². The van der Waals surface area contributed by atoms with Gasteiger partial charge in [-0.15, -0.1) is 0 Å². The molecule has 92 valence electrons. The average Bonchev–Trinajstić information content (AvgIpc) is 2.38. The minimum absolute atomic E-state index is 0.717. The second-order valence-electron chi connectivity index (χ2n) is 4.51. The fraction of sp³-hybridized carbons (Fsp3) is 0.188. The molecule has 0 aliphatic carbocycles. The Morgan fingerprint density at radius 2 is 1.61 bits per heavy atom. The highest BCUT2D eigenvalue weighted by Gasteiger charge is 2.09. The number of carbonyl (C=O) groups excluding carboxylic acids is 1. The van der Waals surface area contributed by atoms with E-state index in [-0.39, 0.29) is 0 Å². The van der Waals surface area contributed by atoms with Crippen LogP contribution in [0.4, 0.5) is 11.4 Å². The zero-order chi connectivity index (χ0) is 13.1. The maximum atomic E-state index is 10.8. The number of nitrogens with zero attached hydrogens (tertiary/aromatic N) is 1. The Morgan fingerprint density at radius 3 is 2.22 bits per heavy atom. The van der Waals surface area contributed by atoms with Gasteiger partial charge in [-0.05, 0) is 49.2 Å². The van der Waals surface area contributed by atoms with Crippen LogP contribution in [-0.2, 0) is 0 Å². The molecule has 0 aliphatic rings. The Morgan fingerprint density at radius 1 is 0.944 bits per heavy atom. The first-order valence-corrected chi connectivity index (χ1v) is 5.98. The van der Waals surface area contributed by atoms with Gasteiger partial charge in [0.15, 0.2) is 0 Å². The number of hydrogen-bond donors (Lipinski definition) is 0. The molecule has 0 saturated carbocycles. The Balaban J connectivity index is 2.43. The SMILES string of the molecule is Cc1ccccc1N(C)c1ccc(C=O)cc1C. The summed E-state index contributed by atoms with van der Waals surface area (Å²) in [5.41, 5.74) is 5.35. The highest BCUT2D eigenvalue weighted by atomic mass is 16.1. The van der Waals surface area contributed by atoms with Crippen LogP contribution in [0, 0.1) is 13.8 Å². The molecule has 0 atom stereocenters. The van der Waals surface area contributed by atoms with Gasteiger partial charge in [-0.3, -0.25) is 4.79 Å². The first-order chi connectivity index (χ1) is 8.63. The van der Waals surface area contributed by atoms with Crippen molar-refractivity contribution in [1.29, 1.82) is 0 Å². The van der Waals surface area contributed by atoms with E-state index in [0.717, 1.165) is 23.1 Å². The maximum Gasteiger partial charge on any atom is 0.150 e. The molecule has 0 saturated heterocycles. The van der Waals surface area contributed by atoms with Crippen molar-refractivity contribution in [3.63, 3.8) is 0 Å². The molecule has 2 rings (SSSR count). The summed E-state index contributed by atoms with van der Waals surface area (Å²) < 4.78 is 0. The van der Waals surface area contributed by atoms with Crippen LogP contribution in [0.3, 0.4) is 0 Å². The summed E-state index contributed by atoms with van der Waals surface area (Å²) in [5.74, 6) is 0. The number of benzene rings is 2. The zero-order valence-electron chi connectivity index (χ0n) is 11.0. The smallest absolute Gasteiger partial charge is 0.150 e. The normalized spacial score (nSPS) is 10.2. The molecular weight excluding hydrogens is 222 g/mol. The van der Waals surface area contributed by atoms with Gasteiger partial charge in [0.05, 0.1) is 0 Å². The monoisotopic (exact) mass is 239 g/mol. The van der Waals surface area contributed by atoms with Crippen LogP contribution >= 0.6 is 0 Å². The van der Waals surface area contributed by atoms with E-state index < -0.39 is 0 Å². The molecule has 0 aromatic heterocycles. The maximum absolute atomic E-state index is 10.8. The number of aryl methyl sites for hydroxylation is 2. The molecule has 2 nitrogen and oxygen atoms in total. The summed E-state index contributed by atoms with van der Waals surface area (Å²) in [6.45, 7) is 4.12. The van der Waals surface area contributed by atoms with E-state index in [1.165, 1.54) is 11.3 Å². The van der Waals surface area contributed by atoms with Crippen molar-refractivity contribution in [2.45, 2.75) is 13.8 Å². The summed E-state index contributed by atoms with van der Waals surface area (Å²) in [5, 5.41) is 0. The molecule has 2 aromatic carbocycles. The highest BCUT2D eigenvalue weighted by Crippen LogP contribution is 2.29. The van der Waals surface area contributed by atoms with E-state index in [0.29, 0.717) is 0 Å². The van der Waals surface area contributed by atoms with Gasteiger partial charge in [0, 0.05) is 24.0 Å². The second kappa shape index (κ2) is 5.05. The van der Waals surface area contributed by atoms with Crippen LogP contribution in [0.15, 0.2) is 42.5 Å². The van der Waals surface area contributed by atoms with Crippen LogP contribution < -0.4 is 4.90 Å². The minimum Gasteiger partial charge on any atom is -0.344 e. The lowest BCUT2D eigenvalue weighted by atomic mass is 10.1. The van der Waals surface area contributed by atoms with Crippen molar-refractivity contribution in [2.24, 2.45) is 0 Å². The third-order valence-corrected chi connectivity index (χ3v) is 3.20. The summed E-state index contributed by atoms with van der Waals surface area (Å²) in [6, 6.07) is 14.0. The molecular formula is C16H17NO. The predicted octanol–water partition coefficient (Wildman–Crippen LogP) is 3.88. The van der Waals surface area contributed by atoms with E-state index in [1.54, 1.807) is 0 Å². The van der Waals surface area contributed by atoms with Crippen molar-refractivity contribution in [1.82, 2.24) is 0 Å². The van der Waals surface area contributed by atoms with E-state index >= 15 is 0 Å². The molecule has 0 heterocycles. The molecule has 0 aliphatic heterocycles. The summed E-state index contributed by atoms with van der Waals surface area (Å²) in [4.78, 5) is 12.9. The van der Waals surface area contributed by atoms with Gasteiger partial charge in [-0.2, -0.15) is 0 Å². The quantitative estimate of drug-likeness (QED) is 0.757. The first kappa shape index (κ1) is 12.4. The molecule has 0 radical (unpaired) electrons. The van der Waals surface area contributed by atoms with Crippen LogP contribution in [0.1, 0.15) is 21.5 Å². The Labute approximate surface area is 108 Å². The van der Waals surface area contributed by atoms with E-state index in [2.05, 4.69) is 24.0 Å². The number of anilines is 2. The molecule has 0 fully saturated rings. The van der Waals surface area contributed by atoms with E-state index in [9.17, 15) is 4.79 Å². The van der Waals surface area contributed by atoms with Gasteiger partial charge in [-0.25, -0.2) is 0 Å². The zero-order valence-corrected chi connectivity index (χ0v) is 11.0. The van der Waals surface area contributed by atoms with Crippen LogP contribution in [-0.4, -0.2) is 13.3 Å². The average molecular weight is 239 g/mol. The van der Waals surface area contributed by atoms with Crippen molar-refractivity contribution in [3.8, 4) is 0 Å². The summed E-state index contributed by atoms with van der Waals surface area (Å²) >= 11 is 0. The lowest BCUT2D eigenvalue weighted by Gasteiger charge is -2.23. The number of aldehydes is 1. The molecule has 0 amide bonds. The van der Waals surface area contributed by atoms with Crippen LogP contribution in [0.5, 0.6) is 0 Å². The van der Waals surface area contributed by atoms with Gasteiger partial charge in [0.1, 0.15) is 6.29 Å². The number of carbonyl (C=O) groups is 1. The largest absolute Gasteiger partial charge is 0.344 e. The lowest BCUT2D eigenvalue weighted by Crippen LogP contribution is -2.12. The number of hydrogen-bond acceptors (Lipinski definition) is 2. The van der Waals surface area contributed by atoms with Crippen molar-refractivity contribution in [3.05, 3.63) is 59.2 Å². The van der Waals surface area contributed by atoms with Crippen LogP contribution in [0.2, 0.25) is 0 Å². The molecule has 0 spiro atoms. The molecule has 0 bridgehead atoms. The predicted molar refractivity (Wildman–Crippen MR) is 75.8 cm³/mol. The first-order valence-electron chi connectivity index (χ1n) is 5.98. The van der Waals surface area contributed by atoms with Crippen molar-refractivity contribution < 1.29 is 4.79 Å². The molecule has 0 N–H and O–H groups in total. The second-order valence-corrected chi connectivity index (χ2v) is 4.51. The number of para-hydroxylation sites is 1. The third kappa shape index (κ3) is 2.28. The minimum atomic E-state index is 0.717. The van der Waals surface area contributed by atoms with E-state index in [4.69, 9.17) is 0 Å². The van der Waals surface area contributed by atoms with E-state index in [1.807, 2.05) is 44.3 Å². The summed E-state index contributed by atoms with van der Waals surface area (Å²) in [7, 11) is 2.05. The van der Waals surface area contributed by atoms with Gasteiger partial charge < -0.3 is 4.90 Å². The van der Waals surface area contributed by atoms with Gasteiger partial charge >= 0.3 is 0 Å². The Bertz CT molecular complexity index is 575. The van der Waals surface area contributed by atoms with Crippen molar-refractivity contribution in [2.75, 3.05) is 11.9 Å². The molecule has 18 heavy (non-hydrogen) atoms. The fourth-order valence-corrected chi connectivity index (χ4v) is 2.20. The van der Waals surface area contributed by atoms with Crippen LogP contribution in [0.25, 0.3) is 0 Å². The third-order valence-electron chi connectivity index (χ3n) is 3.20. The molecule has 0 unspecified atom stereocenters. The molecule has 2 heteroatoms. The fourth-order valence-electron chi connectivity index (χ4n) is 2.20. The lowest BCUT2D eigenvalue weighted by molar-refractivity contribution is 0.112. The Kier molecular flexibility index (Phi) is 3.47. The van der Waals surface area contributed by atoms with Crippen molar-refractivity contribution >= 4 is 17.7 Å².